The van der Waals surface area contributed by atoms with Gasteiger partial charge in [-0.3, -0.25) is 4.79 Å². The van der Waals surface area contributed by atoms with Gasteiger partial charge in [0, 0.05) is 16.8 Å². The monoisotopic (exact) mass is 338 g/mol. The highest BCUT2D eigenvalue weighted by atomic mass is 35.5. The molecule has 1 saturated heterocycles. The van der Waals surface area contributed by atoms with Gasteiger partial charge in [0.15, 0.2) is 5.13 Å². The molecule has 1 aliphatic rings. The van der Waals surface area contributed by atoms with Crippen LogP contribution >= 0.6 is 23.7 Å². The highest BCUT2D eigenvalue weighted by molar-refractivity contribution is 7.13. The van der Waals surface area contributed by atoms with Gasteiger partial charge in [0.1, 0.15) is 0 Å². The summed E-state index contributed by atoms with van der Waals surface area (Å²) in [5.74, 6) is 0.0451. The van der Waals surface area contributed by atoms with Crippen molar-refractivity contribution in [2.75, 3.05) is 17.2 Å². The number of benzene rings is 1. The molecule has 22 heavy (non-hydrogen) atoms. The fraction of sp³-hybridized carbons (Fsp3) is 0.333. The van der Waals surface area contributed by atoms with Crippen molar-refractivity contribution in [1.82, 2.24) is 10.3 Å². The van der Waals surface area contributed by atoms with Crippen molar-refractivity contribution in [3.8, 4) is 0 Å². The van der Waals surface area contributed by atoms with Crippen LogP contribution < -0.4 is 16.0 Å². The molecule has 0 aliphatic carbocycles. The number of nitrogens with one attached hydrogen (secondary N) is 3. The van der Waals surface area contributed by atoms with Gasteiger partial charge in [-0.25, -0.2) is 4.98 Å². The zero-order chi connectivity index (χ0) is 14.7. The summed E-state index contributed by atoms with van der Waals surface area (Å²) < 4.78 is 0. The van der Waals surface area contributed by atoms with E-state index >= 15 is 0 Å². The van der Waals surface area contributed by atoms with E-state index in [-0.39, 0.29) is 24.4 Å². The number of aromatic nitrogens is 1. The first kappa shape index (κ1) is 16.7. The lowest BCUT2D eigenvalue weighted by atomic mass is 10.2. The minimum absolute atomic E-state index is 0. The summed E-state index contributed by atoms with van der Waals surface area (Å²) in [5.41, 5.74) is 2.78. The number of hydrogen-bond acceptors (Lipinski definition) is 5. The standard InChI is InChI=1S/C15H18N4OS.ClH/c1-10-9-21-15(17-10)19-12-6-4-11(5-7-12)18-14(20)13-3-2-8-16-13;/h4-7,9,13,16H,2-3,8H2,1H3,(H,17,19)(H,18,20);1H. The average Bonchev–Trinajstić information content (AvgIpc) is 3.13. The van der Waals surface area contributed by atoms with E-state index in [1.165, 1.54) is 0 Å². The second-order valence-electron chi connectivity index (χ2n) is 5.13. The second-order valence-corrected chi connectivity index (χ2v) is 5.99. The molecule has 2 aromatic rings. The summed E-state index contributed by atoms with van der Waals surface area (Å²) in [6.45, 7) is 2.89. The Balaban J connectivity index is 0.00000176. The Labute approximate surface area is 139 Å². The Hall–Kier alpha value is -1.63. The molecule has 1 fully saturated rings. The highest BCUT2D eigenvalue weighted by Crippen LogP contribution is 2.22. The predicted molar refractivity (Wildman–Crippen MR) is 93.5 cm³/mol. The van der Waals surface area contributed by atoms with Crippen molar-refractivity contribution in [2.45, 2.75) is 25.8 Å². The average molecular weight is 339 g/mol. The van der Waals surface area contributed by atoms with Gasteiger partial charge in [0.2, 0.25) is 5.91 Å². The van der Waals surface area contributed by atoms with Crippen molar-refractivity contribution in [2.24, 2.45) is 0 Å². The number of halogens is 1. The number of carbonyl (C=O) groups is 1. The van der Waals surface area contributed by atoms with Crippen LogP contribution in [0.1, 0.15) is 18.5 Å². The van der Waals surface area contributed by atoms with Gasteiger partial charge in [-0.2, -0.15) is 0 Å². The summed E-state index contributed by atoms with van der Waals surface area (Å²) in [5, 5.41) is 12.3. The van der Waals surface area contributed by atoms with E-state index in [0.29, 0.717) is 0 Å². The number of hydrogen-bond donors (Lipinski definition) is 3. The molecule has 0 spiro atoms. The van der Waals surface area contributed by atoms with Crippen LogP contribution in [0.3, 0.4) is 0 Å². The Morgan fingerprint density at radius 1 is 1.32 bits per heavy atom. The van der Waals surface area contributed by atoms with Crippen LogP contribution in [0.4, 0.5) is 16.5 Å². The Morgan fingerprint density at radius 3 is 2.64 bits per heavy atom. The van der Waals surface area contributed by atoms with Crippen LogP contribution in [-0.2, 0) is 4.79 Å². The van der Waals surface area contributed by atoms with Crippen molar-refractivity contribution in [1.29, 1.82) is 0 Å². The maximum atomic E-state index is 12.0. The molecule has 1 atom stereocenters. The summed E-state index contributed by atoms with van der Waals surface area (Å²) >= 11 is 1.58. The molecule has 3 N–H and O–H groups in total. The number of aryl methyl sites for hydroxylation is 1. The van der Waals surface area contributed by atoms with Crippen LogP contribution in [0.25, 0.3) is 0 Å². The van der Waals surface area contributed by atoms with Crippen molar-refractivity contribution in [3.63, 3.8) is 0 Å². The number of amides is 1. The van der Waals surface area contributed by atoms with Gasteiger partial charge < -0.3 is 16.0 Å². The molecule has 1 aliphatic heterocycles. The third-order valence-electron chi connectivity index (χ3n) is 3.40. The molecule has 2 heterocycles. The number of carbonyl (C=O) groups excluding carboxylic acids is 1. The van der Waals surface area contributed by atoms with Gasteiger partial charge in [-0.05, 0) is 50.6 Å². The highest BCUT2D eigenvalue weighted by Gasteiger charge is 2.21. The van der Waals surface area contributed by atoms with E-state index in [0.717, 1.165) is 41.6 Å². The van der Waals surface area contributed by atoms with Gasteiger partial charge in [0.25, 0.3) is 0 Å². The quantitative estimate of drug-likeness (QED) is 0.800. The summed E-state index contributed by atoms with van der Waals surface area (Å²) in [7, 11) is 0. The van der Waals surface area contributed by atoms with E-state index in [2.05, 4.69) is 20.9 Å². The van der Waals surface area contributed by atoms with Gasteiger partial charge in [-0.1, -0.05) is 0 Å². The molecular formula is C15H19ClN4OS. The molecule has 0 saturated carbocycles. The van der Waals surface area contributed by atoms with Crippen LogP contribution in [0, 0.1) is 6.92 Å². The predicted octanol–water partition coefficient (Wildman–Crippen LogP) is 3.31. The van der Waals surface area contributed by atoms with E-state index < -0.39 is 0 Å². The van der Waals surface area contributed by atoms with E-state index in [1.807, 2.05) is 36.6 Å². The fourth-order valence-corrected chi connectivity index (χ4v) is 3.02. The molecular weight excluding hydrogens is 320 g/mol. The fourth-order valence-electron chi connectivity index (χ4n) is 2.31. The normalized spacial score (nSPS) is 16.9. The minimum atomic E-state index is -0.0545. The molecule has 1 aromatic heterocycles. The molecule has 1 amide bonds. The van der Waals surface area contributed by atoms with E-state index in [4.69, 9.17) is 0 Å². The number of anilines is 3. The van der Waals surface area contributed by atoms with Gasteiger partial charge >= 0.3 is 0 Å². The third-order valence-corrected chi connectivity index (χ3v) is 4.28. The van der Waals surface area contributed by atoms with Crippen LogP contribution in [-0.4, -0.2) is 23.5 Å². The summed E-state index contributed by atoms with van der Waals surface area (Å²) in [6, 6.07) is 7.62. The van der Waals surface area contributed by atoms with Crippen LogP contribution in [0.2, 0.25) is 0 Å². The maximum Gasteiger partial charge on any atom is 0.241 e. The molecule has 0 radical (unpaired) electrons. The first-order valence-corrected chi connectivity index (χ1v) is 7.92. The topological polar surface area (TPSA) is 66.0 Å². The Bertz CT molecular complexity index is 623. The summed E-state index contributed by atoms with van der Waals surface area (Å²) in [4.78, 5) is 16.4. The molecule has 7 heteroatoms. The summed E-state index contributed by atoms with van der Waals surface area (Å²) in [6.07, 6.45) is 1.98. The largest absolute Gasteiger partial charge is 0.332 e. The zero-order valence-corrected chi connectivity index (χ0v) is 13.9. The molecule has 3 rings (SSSR count). The first-order valence-electron chi connectivity index (χ1n) is 7.04. The lowest BCUT2D eigenvalue weighted by molar-refractivity contribution is -0.117. The molecule has 0 bridgehead atoms. The number of nitrogens with zero attached hydrogens (tertiary/aromatic N) is 1. The molecule has 5 nitrogen and oxygen atoms in total. The molecule has 1 unspecified atom stereocenters. The first-order chi connectivity index (χ1) is 10.2. The van der Waals surface area contributed by atoms with Crippen molar-refractivity contribution < 1.29 is 4.79 Å². The smallest absolute Gasteiger partial charge is 0.241 e. The van der Waals surface area contributed by atoms with Crippen molar-refractivity contribution in [3.05, 3.63) is 35.3 Å². The van der Waals surface area contributed by atoms with E-state index in [9.17, 15) is 4.79 Å². The molecule has 118 valence electrons. The number of rotatable bonds is 4. The maximum absolute atomic E-state index is 12.0. The number of thiazole rings is 1. The Kier molecular flexibility index (Phi) is 5.76. The zero-order valence-electron chi connectivity index (χ0n) is 12.3. The second kappa shape index (κ2) is 7.58. The van der Waals surface area contributed by atoms with Gasteiger partial charge in [-0.15, -0.1) is 23.7 Å². The lowest BCUT2D eigenvalue weighted by Gasteiger charge is -2.11. The SMILES string of the molecule is Cc1csc(Nc2ccc(NC(=O)C3CCCN3)cc2)n1.Cl. The van der Waals surface area contributed by atoms with Gasteiger partial charge in [0.05, 0.1) is 11.7 Å². The van der Waals surface area contributed by atoms with Crippen molar-refractivity contribution >= 4 is 46.2 Å². The van der Waals surface area contributed by atoms with E-state index in [1.54, 1.807) is 11.3 Å². The molecule has 1 aromatic carbocycles. The lowest BCUT2D eigenvalue weighted by Crippen LogP contribution is -2.35. The minimum Gasteiger partial charge on any atom is -0.332 e. The Morgan fingerprint density at radius 2 is 2.05 bits per heavy atom. The van der Waals surface area contributed by atoms with Crippen LogP contribution in [0.15, 0.2) is 29.6 Å². The van der Waals surface area contributed by atoms with Crippen LogP contribution in [0.5, 0.6) is 0 Å². The third kappa shape index (κ3) is 4.19.